The van der Waals surface area contributed by atoms with Crippen LogP contribution in [0.5, 0.6) is 0 Å². The van der Waals surface area contributed by atoms with Crippen molar-refractivity contribution in [1.29, 1.82) is 0 Å². The van der Waals surface area contributed by atoms with Gasteiger partial charge in [0.15, 0.2) is 5.13 Å². The summed E-state index contributed by atoms with van der Waals surface area (Å²) in [6.07, 6.45) is 0. The highest BCUT2D eigenvalue weighted by Gasteiger charge is 2.34. The van der Waals surface area contributed by atoms with Gasteiger partial charge in [0.25, 0.3) is 0 Å². The molecule has 0 unspecified atom stereocenters. The van der Waals surface area contributed by atoms with Gasteiger partial charge in [-0.05, 0) is 183 Å². The number of hydrogen-bond donors (Lipinski definition) is 0. The number of nitrogens with zero attached hydrogens (tertiary/aromatic N) is 3. The summed E-state index contributed by atoms with van der Waals surface area (Å²) in [7, 11) is 0. The van der Waals surface area contributed by atoms with E-state index in [-0.39, 0.29) is 5.41 Å². The normalized spacial score (nSPS) is 12.7. The molecule has 0 radical (unpaired) electrons. The highest BCUT2D eigenvalue weighted by Crippen LogP contribution is 2.53. The van der Waals surface area contributed by atoms with Crippen LogP contribution in [0.1, 0.15) is 25.0 Å². The predicted molar refractivity (Wildman–Crippen MR) is 325 cm³/mol. The molecular weight excluding hydrogens is 939 g/mol. The molecule has 0 N–H and O–H groups in total. The van der Waals surface area contributed by atoms with Crippen LogP contribution in [0.25, 0.3) is 97.5 Å². The molecule has 0 fully saturated rings. The highest BCUT2D eigenvalue weighted by molar-refractivity contribution is 7.22. The molecule has 1 heterocycles. The van der Waals surface area contributed by atoms with Crippen LogP contribution in [0.3, 0.4) is 0 Å². The lowest BCUT2D eigenvalue weighted by Crippen LogP contribution is -2.23. The summed E-state index contributed by atoms with van der Waals surface area (Å²) in [5.41, 5.74) is 16.2. The van der Waals surface area contributed by atoms with Gasteiger partial charge in [-0.25, -0.2) is 4.98 Å². The minimum Gasteiger partial charge on any atom is -0.310 e. The van der Waals surface area contributed by atoms with E-state index in [9.17, 15) is 0 Å². The minimum absolute atomic E-state index is 0.262. The Bertz CT molecular complexity index is 4590. The number of benzene rings is 13. The second-order valence-corrected chi connectivity index (χ2v) is 21.7. The fourth-order valence-electron chi connectivity index (χ4n) is 12.4. The first kappa shape index (κ1) is 44.2. The summed E-state index contributed by atoms with van der Waals surface area (Å²) < 4.78 is 1.16. The number of anilines is 6. The van der Waals surface area contributed by atoms with Gasteiger partial charge in [0.1, 0.15) is 0 Å². The van der Waals surface area contributed by atoms with Crippen LogP contribution in [0.4, 0.5) is 33.6 Å². The molecule has 0 atom stereocenters. The van der Waals surface area contributed by atoms with Gasteiger partial charge in [-0.15, -0.1) is 0 Å². The largest absolute Gasteiger partial charge is 0.310 e. The van der Waals surface area contributed by atoms with Crippen LogP contribution in [-0.4, -0.2) is 4.98 Å². The Morgan fingerprint density at radius 1 is 0.342 bits per heavy atom. The maximum absolute atomic E-state index is 5.29. The van der Waals surface area contributed by atoms with E-state index < -0.39 is 0 Å². The zero-order valence-electron chi connectivity index (χ0n) is 42.1. The number of thiazole rings is 1. The van der Waals surface area contributed by atoms with Crippen molar-refractivity contribution >= 4 is 109 Å². The van der Waals surface area contributed by atoms with Crippen LogP contribution in [-0.2, 0) is 5.41 Å². The summed E-state index contributed by atoms with van der Waals surface area (Å²) in [5.74, 6) is 0. The molecule has 0 aliphatic heterocycles. The topological polar surface area (TPSA) is 19.4 Å². The summed E-state index contributed by atoms with van der Waals surface area (Å²) in [4.78, 5) is 10.0. The van der Waals surface area contributed by atoms with Crippen molar-refractivity contribution in [2.75, 3.05) is 9.80 Å². The number of aromatic nitrogens is 1. The van der Waals surface area contributed by atoms with Gasteiger partial charge in [0.05, 0.1) is 10.2 Å². The van der Waals surface area contributed by atoms with Crippen molar-refractivity contribution in [2.45, 2.75) is 19.3 Å². The minimum atomic E-state index is -0.262. The smallest absolute Gasteiger partial charge is 0.195 e. The second kappa shape index (κ2) is 17.4. The van der Waals surface area contributed by atoms with Gasteiger partial charge in [0, 0.05) is 33.9 Å². The fraction of sp³-hybridized carbons (Fsp3) is 0.0417. The van der Waals surface area contributed by atoms with E-state index in [0.717, 1.165) is 43.8 Å². The van der Waals surface area contributed by atoms with E-state index in [0.29, 0.717) is 0 Å². The maximum atomic E-state index is 5.29. The van der Waals surface area contributed by atoms with Crippen LogP contribution in [0.2, 0.25) is 0 Å². The Kier molecular flexibility index (Phi) is 10.1. The van der Waals surface area contributed by atoms with E-state index >= 15 is 0 Å². The van der Waals surface area contributed by atoms with Gasteiger partial charge in [-0.3, -0.25) is 4.90 Å². The van der Waals surface area contributed by atoms with Crippen molar-refractivity contribution in [3.05, 3.63) is 272 Å². The van der Waals surface area contributed by atoms with Crippen LogP contribution < -0.4 is 9.80 Å². The van der Waals surface area contributed by atoms with Crippen molar-refractivity contribution in [1.82, 2.24) is 4.98 Å². The summed E-state index contributed by atoms with van der Waals surface area (Å²) in [6.45, 7) is 4.82. The number of para-hydroxylation sites is 3. The molecule has 76 heavy (non-hydrogen) atoms. The molecule has 1 aliphatic carbocycles. The molecule has 358 valence electrons. The number of hydrogen-bond acceptors (Lipinski definition) is 4. The molecule has 0 bridgehead atoms. The van der Waals surface area contributed by atoms with Crippen molar-refractivity contribution in [2.24, 2.45) is 0 Å². The fourth-order valence-corrected chi connectivity index (χ4v) is 13.4. The van der Waals surface area contributed by atoms with Gasteiger partial charge >= 0.3 is 0 Å². The Morgan fingerprint density at radius 2 is 0.868 bits per heavy atom. The van der Waals surface area contributed by atoms with Gasteiger partial charge in [0.2, 0.25) is 0 Å². The lowest BCUT2D eigenvalue weighted by Gasteiger charge is -2.35. The molecule has 0 amide bonds. The van der Waals surface area contributed by atoms with Crippen LogP contribution in [0.15, 0.2) is 261 Å². The first-order valence-electron chi connectivity index (χ1n) is 26.2. The molecule has 15 rings (SSSR count). The van der Waals surface area contributed by atoms with Gasteiger partial charge in [-0.2, -0.15) is 0 Å². The molecule has 1 aromatic heterocycles. The molecular formula is C72H49N3S. The molecule has 14 aromatic rings. The van der Waals surface area contributed by atoms with Crippen molar-refractivity contribution in [3.8, 4) is 33.4 Å². The highest BCUT2D eigenvalue weighted by atomic mass is 32.1. The van der Waals surface area contributed by atoms with E-state index in [1.54, 1.807) is 11.3 Å². The average molecular weight is 988 g/mol. The SMILES string of the molecule is CC1(C)c2cc(-c3c4ccc(N(c5ccccc5)c5nc6ccccc6s5)cc4c(-c4ccc5ccccc5c4)c4ccc(N(c5ccccc5)c5ccc6ccccc6c5)cc34)ccc2-c2cccc3cccc1c23. The van der Waals surface area contributed by atoms with Crippen molar-refractivity contribution in [3.63, 3.8) is 0 Å². The van der Waals surface area contributed by atoms with Crippen LogP contribution >= 0.6 is 11.3 Å². The Hall–Kier alpha value is -9.35. The molecule has 1 aliphatic rings. The monoisotopic (exact) mass is 987 g/mol. The third kappa shape index (κ3) is 7.06. The van der Waals surface area contributed by atoms with E-state index in [4.69, 9.17) is 4.98 Å². The predicted octanol–water partition coefficient (Wildman–Crippen LogP) is 20.6. The van der Waals surface area contributed by atoms with Gasteiger partial charge in [-0.1, -0.05) is 201 Å². The van der Waals surface area contributed by atoms with Crippen molar-refractivity contribution < 1.29 is 0 Å². The molecule has 13 aromatic carbocycles. The van der Waals surface area contributed by atoms with Crippen LogP contribution in [0, 0.1) is 0 Å². The lowest BCUT2D eigenvalue weighted by molar-refractivity contribution is 0.645. The number of rotatable bonds is 8. The summed E-state index contributed by atoms with van der Waals surface area (Å²) >= 11 is 1.72. The molecule has 0 saturated carbocycles. The van der Waals surface area contributed by atoms with E-state index in [2.05, 4.69) is 285 Å². The Labute approximate surface area is 445 Å². The standard InChI is InChI=1S/C72H49N3S/c1-72(2)64-28-16-22-48-21-15-27-59(70(48)64)58-38-34-52(43-65(58)72)69-61-40-37-57(75(54-25-7-4-8-26-54)71-73-66-29-13-14-30-67(66)76-71)45-63(61)68(51-32-31-46-17-9-11-19-49(46)41-51)60-39-36-56(44-62(60)69)74(53-23-5-3-6-24-53)55-35-33-47-18-10-12-20-50(47)42-55/h3-45H,1-2H3. The molecule has 4 heteroatoms. The maximum Gasteiger partial charge on any atom is 0.195 e. The third-order valence-corrected chi connectivity index (χ3v) is 17.0. The van der Waals surface area contributed by atoms with E-state index in [1.807, 2.05) is 0 Å². The zero-order chi connectivity index (χ0) is 50.5. The second-order valence-electron chi connectivity index (χ2n) is 20.7. The quantitative estimate of drug-likeness (QED) is 0.141. The van der Waals surface area contributed by atoms with E-state index in [1.165, 1.54) is 98.4 Å². The lowest BCUT2D eigenvalue weighted by atomic mass is 9.68. The summed E-state index contributed by atoms with van der Waals surface area (Å²) in [5, 5.41) is 13.1. The Balaban J connectivity index is 1.06. The third-order valence-electron chi connectivity index (χ3n) is 16.0. The molecule has 0 saturated heterocycles. The summed E-state index contributed by atoms with van der Waals surface area (Å²) in [6, 6.07) is 96.4. The molecule has 0 spiro atoms. The zero-order valence-corrected chi connectivity index (χ0v) is 42.9. The average Bonchev–Trinajstić information content (AvgIpc) is 4.04. The number of fused-ring (bicyclic) bond motifs is 7. The molecule has 3 nitrogen and oxygen atoms in total. The van der Waals surface area contributed by atoms with Gasteiger partial charge < -0.3 is 4.90 Å². The first-order valence-corrected chi connectivity index (χ1v) is 27.0. The Morgan fingerprint density at radius 3 is 1.57 bits per heavy atom. The first-order chi connectivity index (χ1) is 37.4.